The van der Waals surface area contributed by atoms with Gasteiger partial charge in [0, 0.05) is 0 Å². The van der Waals surface area contributed by atoms with E-state index in [2.05, 4.69) is 0 Å². The van der Waals surface area contributed by atoms with E-state index in [1.807, 2.05) is 0 Å². The number of rotatable bonds is 4. The summed E-state index contributed by atoms with van der Waals surface area (Å²) in [4.78, 5) is 11.4. The summed E-state index contributed by atoms with van der Waals surface area (Å²) >= 11 is 0. The first-order chi connectivity index (χ1) is 9.08. The number of esters is 1. The first kappa shape index (κ1) is 16.3. The molecule has 0 unspecified atom stereocenters. The third-order valence-electron chi connectivity index (χ3n) is 2.16. The van der Waals surface area contributed by atoms with Gasteiger partial charge in [-0.2, -0.15) is 13.2 Å². The van der Waals surface area contributed by atoms with E-state index < -0.39 is 23.3 Å². The van der Waals surface area contributed by atoms with E-state index >= 15 is 0 Å². The fourth-order valence-corrected chi connectivity index (χ4v) is 1.41. The Balaban J connectivity index is 2.49. The molecule has 0 fully saturated rings. The summed E-state index contributed by atoms with van der Waals surface area (Å²) < 4.78 is 47.6. The number of hydrogen-bond donors (Lipinski definition) is 0. The monoisotopic (exact) mass is 290 g/mol. The van der Waals surface area contributed by atoms with Crippen LogP contribution < -0.4 is 4.74 Å². The average Bonchev–Trinajstić information content (AvgIpc) is 2.25. The predicted molar refractivity (Wildman–Crippen MR) is 67.4 cm³/mol. The molecule has 0 amide bonds. The topological polar surface area (TPSA) is 35.5 Å². The highest BCUT2D eigenvalue weighted by Crippen LogP contribution is 2.31. The van der Waals surface area contributed by atoms with Gasteiger partial charge in [-0.1, -0.05) is 6.07 Å². The highest BCUT2D eigenvalue weighted by Gasteiger charge is 2.30. The van der Waals surface area contributed by atoms with Gasteiger partial charge in [-0.3, -0.25) is 4.79 Å². The standard InChI is InChI=1S/C14H17F3O3/c1-13(2,3)20-12(18)7-8-19-11-6-4-5-10(9-11)14(15,16)17/h4-6,9H,7-8H2,1-3H3. The van der Waals surface area contributed by atoms with Crippen LogP contribution in [-0.2, 0) is 15.7 Å². The number of halogens is 3. The Morgan fingerprint density at radius 2 is 1.85 bits per heavy atom. The molecular formula is C14H17F3O3. The van der Waals surface area contributed by atoms with Crippen LogP contribution in [0.15, 0.2) is 24.3 Å². The molecule has 6 heteroatoms. The van der Waals surface area contributed by atoms with E-state index in [9.17, 15) is 18.0 Å². The van der Waals surface area contributed by atoms with Crippen LogP contribution in [0.5, 0.6) is 5.75 Å². The second-order valence-electron chi connectivity index (χ2n) is 5.21. The normalized spacial score (nSPS) is 12.1. The molecule has 112 valence electrons. The molecule has 0 N–H and O–H groups in total. The molecule has 0 aliphatic heterocycles. The zero-order chi connectivity index (χ0) is 15.4. The van der Waals surface area contributed by atoms with Crippen LogP contribution in [0.25, 0.3) is 0 Å². The molecule has 1 rings (SSSR count). The molecule has 20 heavy (non-hydrogen) atoms. The number of carbonyl (C=O) groups excluding carboxylic acids is 1. The summed E-state index contributed by atoms with van der Waals surface area (Å²) in [5.41, 5.74) is -1.37. The van der Waals surface area contributed by atoms with Crippen molar-refractivity contribution in [3.63, 3.8) is 0 Å². The van der Waals surface area contributed by atoms with Gasteiger partial charge in [0.1, 0.15) is 11.4 Å². The molecule has 0 aliphatic carbocycles. The molecule has 0 bridgehead atoms. The zero-order valence-corrected chi connectivity index (χ0v) is 11.6. The van der Waals surface area contributed by atoms with E-state index in [1.54, 1.807) is 20.8 Å². The fraction of sp³-hybridized carbons (Fsp3) is 0.500. The Hall–Kier alpha value is -1.72. The highest BCUT2D eigenvalue weighted by molar-refractivity contribution is 5.69. The lowest BCUT2D eigenvalue weighted by molar-refractivity contribution is -0.155. The summed E-state index contributed by atoms with van der Waals surface area (Å²) in [6, 6.07) is 4.52. The van der Waals surface area contributed by atoms with Crippen LogP contribution in [0.3, 0.4) is 0 Å². The maximum Gasteiger partial charge on any atom is 0.416 e. The van der Waals surface area contributed by atoms with Crippen molar-refractivity contribution >= 4 is 5.97 Å². The number of hydrogen-bond acceptors (Lipinski definition) is 3. The summed E-state index contributed by atoms with van der Waals surface area (Å²) in [6.45, 7) is 5.17. The number of ether oxygens (including phenoxy) is 2. The van der Waals surface area contributed by atoms with Crippen LogP contribution in [0.4, 0.5) is 13.2 Å². The maximum absolute atomic E-state index is 12.5. The molecule has 0 atom stereocenters. The lowest BCUT2D eigenvalue weighted by atomic mass is 10.2. The quantitative estimate of drug-likeness (QED) is 0.791. The Morgan fingerprint density at radius 1 is 1.20 bits per heavy atom. The Labute approximate surface area is 115 Å². The van der Waals surface area contributed by atoms with Gasteiger partial charge in [-0.05, 0) is 39.0 Å². The van der Waals surface area contributed by atoms with Gasteiger partial charge in [0.25, 0.3) is 0 Å². The first-order valence-corrected chi connectivity index (χ1v) is 6.10. The first-order valence-electron chi connectivity index (χ1n) is 6.10. The number of carbonyl (C=O) groups is 1. The summed E-state index contributed by atoms with van der Waals surface area (Å²) in [5.74, 6) is -0.382. The van der Waals surface area contributed by atoms with E-state index in [0.29, 0.717) is 0 Å². The molecule has 0 aromatic heterocycles. The van der Waals surface area contributed by atoms with Crippen LogP contribution in [0.2, 0.25) is 0 Å². The molecule has 0 saturated heterocycles. The second kappa shape index (κ2) is 6.15. The van der Waals surface area contributed by atoms with Gasteiger partial charge in [-0.15, -0.1) is 0 Å². The highest BCUT2D eigenvalue weighted by atomic mass is 19.4. The number of alkyl halides is 3. The molecule has 1 aromatic rings. The minimum Gasteiger partial charge on any atom is -0.493 e. The van der Waals surface area contributed by atoms with Gasteiger partial charge in [-0.25, -0.2) is 0 Å². The van der Waals surface area contributed by atoms with E-state index in [1.165, 1.54) is 12.1 Å². The molecule has 0 saturated carbocycles. The van der Waals surface area contributed by atoms with Gasteiger partial charge in [0.05, 0.1) is 18.6 Å². The van der Waals surface area contributed by atoms with Gasteiger partial charge in [0.2, 0.25) is 0 Å². The van der Waals surface area contributed by atoms with Crippen LogP contribution >= 0.6 is 0 Å². The van der Waals surface area contributed by atoms with E-state index in [4.69, 9.17) is 9.47 Å². The molecule has 0 heterocycles. The average molecular weight is 290 g/mol. The Morgan fingerprint density at radius 3 is 2.40 bits per heavy atom. The third kappa shape index (κ3) is 5.95. The van der Waals surface area contributed by atoms with Crippen molar-refractivity contribution in [2.45, 2.75) is 39.0 Å². The van der Waals surface area contributed by atoms with Crippen molar-refractivity contribution in [3.05, 3.63) is 29.8 Å². The summed E-state index contributed by atoms with van der Waals surface area (Å²) in [5, 5.41) is 0. The lowest BCUT2D eigenvalue weighted by Gasteiger charge is -2.19. The molecule has 0 aliphatic rings. The Bertz CT molecular complexity index is 461. The van der Waals surface area contributed by atoms with Crippen LogP contribution in [0, 0.1) is 0 Å². The molecule has 0 spiro atoms. The maximum atomic E-state index is 12.5. The predicted octanol–water partition coefficient (Wildman–Crippen LogP) is 3.82. The minimum absolute atomic E-state index is 0.0203. The smallest absolute Gasteiger partial charge is 0.416 e. The molecule has 1 aromatic carbocycles. The third-order valence-corrected chi connectivity index (χ3v) is 2.16. The van der Waals surface area contributed by atoms with Crippen molar-refractivity contribution < 1.29 is 27.4 Å². The van der Waals surface area contributed by atoms with Crippen molar-refractivity contribution in [1.82, 2.24) is 0 Å². The van der Waals surface area contributed by atoms with Crippen molar-refractivity contribution in [1.29, 1.82) is 0 Å². The van der Waals surface area contributed by atoms with Crippen molar-refractivity contribution in [3.8, 4) is 5.75 Å². The summed E-state index contributed by atoms with van der Waals surface area (Å²) in [6.07, 6.45) is -4.43. The SMILES string of the molecule is CC(C)(C)OC(=O)CCOc1cccc(C(F)(F)F)c1. The molecule has 0 radical (unpaired) electrons. The van der Waals surface area contributed by atoms with E-state index in [-0.39, 0.29) is 18.8 Å². The molecular weight excluding hydrogens is 273 g/mol. The van der Waals surface area contributed by atoms with Crippen molar-refractivity contribution in [2.24, 2.45) is 0 Å². The van der Waals surface area contributed by atoms with Gasteiger partial charge < -0.3 is 9.47 Å². The Kier molecular flexibility index (Phi) is 5.03. The lowest BCUT2D eigenvalue weighted by Crippen LogP contribution is -2.24. The van der Waals surface area contributed by atoms with E-state index in [0.717, 1.165) is 12.1 Å². The van der Waals surface area contributed by atoms with Gasteiger partial charge in [0.15, 0.2) is 0 Å². The zero-order valence-electron chi connectivity index (χ0n) is 11.6. The van der Waals surface area contributed by atoms with Gasteiger partial charge >= 0.3 is 12.1 Å². The molecule has 3 nitrogen and oxygen atoms in total. The van der Waals surface area contributed by atoms with Crippen LogP contribution in [0.1, 0.15) is 32.8 Å². The number of benzene rings is 1. The van der Waals surface area contributed by atoms with Crippen molar-refractivity contribution in [2.75, 3.05) is 6.61 Å². The second-order valence-corrected chi connectivity index (χ2v) is 5.21. The largest absolute Gasteiger partial charge is 0.493 e. The fourth-order valence-electron chi connectivity index (χ4n) is 1.41. The van der Waals surface area contributed by atoms with Crippen LogP contribution in [-0.4, -0.2) is 18.2 Å². The minimum atomic E-state index is -4.41. The summed E-state index contributed by atoms with van der Waals surface area (Å²) in [7, 11) is 0.